The molecule has 6 heteroatoms. The van der Waals surface area contributed by atoms with Gasteiger partial charge in [0.05, 0.1) is 16.8 Å². The fourth-order valence-electron chi connectivity index (χ4n) is 2.87. The van der Waals surface area contributed by atoms with Crippen LogP contribution in [0.2, 0.25) is 0 Å². The molecule has 0 saturated heterocycles. The van der Waals surface area contributed by atoms with Crippen molar-refractivity contribution in [2.45, 2.75) is 6.61 Å². The SMILES string of the molecule is O=C1Nc2cc(F)ccc2C1=C1OCc2cc(C(=O)O)ccc21. The van der Waals surface area contributed by atoms with Gasteiger partial charge in [-0.15, -0.1) is 0 Å². The van der Waals surface area contributed by atoms with Gasteiger partial charge in [0.25, 0.3) is 5.91 Å². The number of amides is 1. The Labute approximate surface area is 130 Å². The zero-order valence-corrected chi connectivity index (χ0v) is 11.7. The Morgan fingerprint density at radius 1 is 1.17 bits per heavy atom. The van der Waals surface area contributed by atoms with Crippen molar-refractivity contribution < 1.29 is 23.8 Å². The third-order valence-corrected chi connectivity index (χ3v) is 3.92. The lowest BCUT2D eigenvalue weighted by Crippen LogP contribution is -2.05. The van der Waals surface area contributed by atoms with Crippen LogP contribution in [0, 0.1) is 5.82 Å². The average Bonchev–Trinajstić information content (AvgIpc) is 3.05. The van der Waals surface area contributed by atoms with Crippen LogP contribution in [0.3, 0.4) is 0 Å². The molecule has 1 amide bonds. The third-order valence-electron chi connectivity index (χ3n) is 3.92. The lowest BCUT2D eigenvalue weighted by molar-refractivity contribution is -0.110. The van der Waals surface area contributed by atoms with Gasteiger partial charge in [-0.1, -0.05) is 0 Å². The molecule has 23 heavy (non-hydrogen) atoms. The second-order valence-corrected chi connectivity index (χ2v) is 5.31. The molecule has 2 aliphatic rings. The van der Waals surface area contributed by atoms with Crippen LogP contribution < -0.4 is 5.32 Å². The maximum atomic E-state index is 13.3. The Balaban J connectivity index is 1.89. The number of ether oxygens (including phenoxy) is 1. The van der Waals surface area contributed by atoms with Crippen LogP contribution in [0.4, 0.5) is 10.1 Å². The fraction of sp³-hybridized carbons (Fsp3) is 0.0588. The van der Waals surface area contributed by atoms with Crippen LogP contribution in [0.5, 0.6) is 0 Å². The first kappa shape index (κ1) is 13.5. The number of carbonyl (C=O) groups is 2. The van der Waals surface area contributed by atoms with Gasteiger partial charge < -0.3 is 15.2 Å². The number of halogens is 1. The summed E-state index contributed by atoms with van der Waals surface area (Å²) in [6.07, 6.45) is 0. The second kappa shape index (κ2) is 4.67. The number of benzene rings is 2. The molecule has 2 heterocycles. The van der Waals surface area contributed by atoms with Crippen LogP contribution >= 0.6 is 0 Å². The van der Waals surface area contributed by atoms with E-state index in [1.807, 2.05) is 0 Å². The van der Waals surface area contributed by atoms with Crippen LogP contribution in [-0.4, -0.2) is 17.0 Å². The minimum Gasteiger partial charge on any atom is -0.487 e. The number of anilines is 1. The number of carbonyl (C=O) groups excluding carboxylic acids is 1. The number of aromatic carboxylic acids is 1. The minimum atomic E-state index is -1.02. The van der Waals surface area contributed by atoms with Crippen molar-refractivity contribution in [1.82, 2.24) is 0 Å². The van der Waals surface area contributed by atoms with Gasteiger partial charge in [0.15, 0.2) is 0 Å². The van der Waals surface area contributed by atoms with E-state index in [0.717, 1.165) is 0 Å². The topological polar surface area (TPSA) is 75.6 Å². The van der Waals surface area contributed by atoms with E-state index in [0.29, 0.717) is 33.7 Å². The Kier molecular flexibility index (Phi) is 2.74. The highest BCUT2D eigenvalue weighted by Gasteiger charge is 2.32. The molecule has 0 saturated carbocycles. The van der Waals surface area contributed by atoms with Gasteiger partial charge in [0.1, 0.15) is 18.2 Å². The summed E-state index contributed by atoms with van der Waals surface area (Å²) >= 11 is 0. The Hall–Kier alpha value is -3.15. The van der Waals surface area contributed by atoms with Crippen LogP contribution in [0.1, 0.15) is 27.0 Å². The third kappa shape index (κ3) is 1.99. The molecule has 0 radical (unpaired) electrons. The van der Waals surface area contributed by atoms with Gasteiger partial charge in [-0.2, -0.15) is 0 Å². The summed E-state index contributed by atoms with van der Waals surface area (Å²) < 4.78 is 18.9. The molecule has 0 unspecified atom stereocenters. The standard InChI is InChI=1S/C17H10FNO4/c18-10-2-4-12-13(6-10)19-16(20)14(12)15-11-3-1-8(17(21)22)5-9(11)7-23-15/h1-6H,7H2,(H,19,20)(H,21,22). The molecule has 0 fully saturated rings. The Morgan fingerprint density at radius 2 is 1.96 bits per heavy atom. The quantitative estimate of drug-likeness (QED) is 0.794. The summed E-state index contributed by atoms with van der Waals surface area (Å²) in [5.74, 6) is -1.43. The molecule has 114 valence electrons. The highest BCUT2D eigenvalue weighted by molar-refractivity contribution is 6.36. The lowest BCUT2D eigenvalue weighted by atomic mass is 9.99. The van der Waals surface area contributed by atoms with Crippen LogP contribution in [0.25, 0.3) is 11.3 Å². The minimum absolute atomic E-state index is 0.164. The average molecular weight is 311 g/mol. The second-order valence-electron chi connectivity index (χ2n) is 5.31. The maximum Gasteiger partial charge on any atom is 0.335 e. The first-order valence-corrected chi connectivity index (χ1v) is 6.89. The van der Waals surface area contributed by atoms with Gasteiger partial charge in [-0.05, 0) is 36.4 Å². The number of hydrogen-bond donors (Lipinski definition) is 2. The molecule has 2 aromatic rings. The predicted molar refractivity (Wildman–Crippen MR) is 80.0 cm³/mol. The lowest BCUT2D eigenvalue weighted by Gasteiger charge is -2.05. The van der Waals surface area contributed by atoms with Crippen molar-refractivity contribution in [3.05, 3.63) is 64.5 Å². The molecule has 0 bridgehead atoms. The molecule has 0 aliphatic carbocycles. The summed E-state index contributed by atoms with van der Waals surface area (Å²) in [6, 6.07) is 8.69. The van der Waals surface area contributed by atoms with E-state index in [9.17, 15) is 14.0 Å². The smallest absolute Gasteiger partial charge is 0.335 e. The van der Waals surface area contributed by atoms with E-state index < -0.39 is 11.8 Å². The zero-order chi connectivity index (χ0) is 16.1. The molecule has 2 N–H and O–H groups in total. The Bertz CT molecular complexity index is 917. The van der Waals surface area contributed by atoms with Gasteiger partial charge in [-0.25, -0.2) is 9.18 Å². The van der Waals surface area contributed by atoms with Crippen LogP contribution in [-0.2, 0) is 16.1 Å². The maximum absolute atomic E-state index is 13.3. The molecule has 5 nitrogen and oxygen atoms in total. The van der Waals surface area contributed by atoms with Gasteiger partial charge in [0, 0.05) is 16.7 Å². The highest BCUT2D eigenvalue weighted by atomic mass is 19.1. The van der Waals surface area contributed by atoms with Gasteiger partial charge in [0.2, 0.25) is 0 Å². The number of carboxylic acid groups (broad SMARTS) is 1. The van der Waals surface area contributed by atoms with E-state index in [1.165, 1.54) is 30.3 Å². The molecule has 4 rings (SSSR count). The van der Waals surface area contributed by atoms with Crippen molar-refractivity contribution in [3.8, 4) is 0 Å². The zero-order valence-electron chi connectivity index (χ0n) is 11.7. The summed E-state index contributed by atoms with van der Waals surface area (Å²) in [5, 5.41) is 11.7. The van der Waals surface area contributed by atoms with Gasteiger partial charge >= 0.3 is 5.97 Å². The molecule has 0 aromatic heterocycles. The predicted octanol–water partition coefficient (Wildman–Crippen LogP) is 2.87. The fourth-order valence-corrected chi connectivity index (χ4v) is 2.87. The van der Waals surface area contributed by atoms with Gasteiger partial charge in [-0.3, -0.25) is 4.79 Å². The van der Waals surface area contributed by atoms with E-state index in [2.05, 4.69) is 5.32 Å². The Morgan fingerprint density at radius 3 is 2.74 bits per heavy atom. The summed E-state index contributed by atoms with van der Waals surface area (Å²) in [6.45, 7) is 0.194. The van der Waals surface area contributed by atoms with E-state index in [4.69, 9.17) is 9.84 Å². The summed E-state index contributed by atoms with van der Waals surface area (Å²) in [5.41, 5.74) is 2.85. The number of rotatable bonds is 1. The number of carboxylic acids is 1. The van der Waals surface area contributed by atoms with Crippen molar-refractivity contribution in [1.29, 1.82) is 0 Å². The largest absolute Gasteiger partial charge is 0.487 e. The first-order chi connectivity index (χ1) is 11.0. The molecule has 0 spiro atoms. The monoisotopic (exact) mass is 311 g/mol. The van der Waals surface area contributed by atoms with Crippen LogP contribution in [0.15, 0.2) is 36.4 Å². The number of nitrogens with one attached hydrogen (secondary N) is 1. The highest BCUT2D eigenvalue weighted by Crippen LogP contribution is 2.41. The van der Waals surface area contributed by atoms with E-state index in [1.54, 1.807) is 6.07 Å². The van der Waals surface area contributed by atoms with Crippen molar-refractivity contribution in [2.24, 2.45) is 0 Å². The molecule has 2 aromatic carbocycles. The van der Waals surface area contributed by atoms with E-state index >= 15 is 0 Å². The summed E-state index contributed by atoms with van der Waals surface area (Å²) in [4.78, 5) is 23.3. The molecule has 0 atom stereocenters. The summed E-state index contributed by atoms with van der Waals surface area (Å²) in [7, 11) is 0. The normalized spacial score (nSPS) is 18.2. The molecular weight excluding hydrogens is 301 g/mol. The van der Waals surface area contributed by atoms with Crippen molar-refractivity contribution in [2.75, 3.05) is 5.32 Å². The van der Waals surface area contributed by atoms with Crippen molar-refractivity contribution >= 4 is 28.9 Å². The van der Waals surface area contributed by atoms with Crippen molar-refractivity contribution in [3.63, 3.8) is 0 Å². The molecular formula is C17H10FNO4. The number of hydrogen-bond acceptors (Lipinski definition) is 3. The number of fused-ring (bicyclic) bond motifs is 2. The first-order valence-electron chi connectivity index (χ1n) is 6.89. The van der Waals surface area contributed by atoms with E-state index in [-0.39, 0.29) is 18.1 Å². The molecule has 2 aliphatic heterocycles.